The fourth-order valence-electron chi connectivity index (χ4n) is 4.51. The van der Waals surface area contributed by atoms with Crippen LogP contribution in [0.3, 0.4) is 0 Å². The number of rotatable bonds is 8. The van der Waals surface area contributed by atoms with Gasteiger partial charge in [-0.05, 0) is 59.5 Å². The van der Waals surface area contributed by atoms with E-state index < -0.39 is 0 Å². The average molecular weight is 566 g/mol. The van der Waals surface area contributed by atoms with Gasteiger partial charge in [0.05, 0.1) is 16.3 Å². The Morgan fingerprint density at radius 1 is 0.829 bits per heavy atom. The molecule has 2 amide bonds. The molecule has 5 aromatic rings. The number of fused-ring (bicyclic) bond motifs is 1. The van der Waals surface area contributed by atoms with Crippen molar-refractivity contribution in [2.75, 3.05) is 0 Å². The quantitative estimate of drug-likeness (QED) is 0.209. The molecule has 8 heteroatoms. The number of nitrogens with zero attached hydrogens (tertiary/aromatic N) is 2. The molecule has 1 saturated heterocycles. The van der Waals surface area contributed by atoms with Gasteiger partial charge in [0.25, 0.3) is 5.24 Å². The number of amides is 2. The molecule has 2 heterocycles. The lowest BCUT2D eigenvalue weighted by Crippen LogP contribution is -2.25. The predicted octanol–water partition coefficient (Wildman–Crippen LogP) is 7.53. The second-order valence-electron chi connectivity index (χ2n) is 9.25. The third-order valence-electron chi connectivity index (χ3n) is 6.62. The van der Waals surface area contributed by atoms with Crippen molar-refractivity contribution in [1.29, 1.82) is 0 Å². The third kappa shape index (κ3) is 6.61. The molecule has 0 saturated carbocycles. The number of ether oxygens (including phenoxy) is 2. The molecular weight excluding hydrogens is 534 g/mol. The van der Waals surface area contributed by atoms with E-state index in [9.17, 15) is 9.59 Å². The van der Waals surface area contributed by atoms with Crippen LogP contribution in [0, 0.1) is 0 Å². The normalized spacial score (nSPS) is 14.4. The van der Waals surface area contributed by atoms with Gasteiger partial charge in [-0.1, -0.05) is 80.2 Å². The molecule has 1 fully saturated rings. The lowest BCUT2D eigenvalue weighted by molar-refractivity contribution is -0.118. The molecule has 1 unspecified atom stereocenters. The topological polar surface area (TPSA) is 82.5 Å². The zero-order valence-electron chi connectivity index (χ0n) is 23.2. The van der Waals surface area contributed by atoms with E-state index in [0.29, 0.717) is 18.8 Å². The van der Waals surface area contributed by atoms with E-state index >= 15 is 0 Å². The van der Waals surface area contributed by atoms with Crippen LogP contribution in [0.5, 0.6) is 17.2 Å². The maximum atomic E-state index is 11.8. The zero-order valence-corrected chi connectivity index (χ0v) is 24.0. The Hall–Kier alpha value is -4.56. The minimum atomic E-state index is -0.383. The van der Waals surface area contributed by atoms with Crippen LogP contribution < -0.4 is 14.8 Å². The van der Waals surface area contributed by atoms with Crippen molar-refractivity contribution in [3.63, 3.8) is 0 Å². The van der Waals surface area contributed by atoms with Crippen molar-refractivity contribution in [1.82, 2.24) is 14.9 Å². The molecule has 0 radical (unpaired) electrons. The number of imide groups is 1. The molecule has 1 atom stereocenters. The second-order valence-corrected chi connectivity index (χ2v) is 10.4. The summed E-state index contributed by atoms with van der Waals surface area (Å²) in [4.78, 5) is 27.9. The highest BCUT2D eigenvalue weighted by molar-refractivity contribution is 8.15. The van der Waals surface area contributed by atoms with Gasteiger partial charge in [-0.25, -0.2) is 4.98 Å². The average Bonchev–Trinajstić information content (AvgIpc) is 3.50. The zero-order chi connectivity index (χ0) is 28.8. The van der Waals surface area contributed by atoms with Gasteiger partial charge in [0, 0.05) is 13.1 Å². The summed E-state index contributed by atoms with van der Waals surface area (Å²) >= 11 is 1.03. The smallest absolute Gasteiger partial charge is 0.286 e. The molecular formula is C33H31N3O4S. The lowest BCUT2D eigenvalue weighted by atomic mass is 10.1. The van der Waals surface area contributed by atoms with Crippen LogP contribution in [0.4, 0.5) is 4.79 Å². The Bertz CT molecular complexity index is 1650. The first-order valence-corrected chi connectivity index (χ1v) is 14.4. The van der Waals surface area contributed by atoms with E-state index in [2.05, 4.69) is 29.6 Å². The van der Waals surface area contributed by atoms with Crippen LogP contribution in [-0.4, -0.2) is 25.9 Å². The number of imidazole rings is 1. The molecule has 0 aliphatic carbocycles. The van der Waals surface area contributed by atoms with Crippen molar-refractivity contribution >= 4 is 33.9 Å². The first-order valence-electron chi connectivity index (χ1n) is 13.5. The Labute approximate surface area is 243 Å². The number of aryl methyl sites for hydroxylation is 1. The molecule has 208 valence electrons. The first kappa shape index (κ1) is 28.0. The van der Waals surface area contributed by atoms with Crippen molar-refractivity contribution < 1.29 is 19.1 Å². The van der Waals surface area contributed by atoms with Gasteiger partial charge in [0.2, 0.25) is 5.91 Å². The lowest BCUT2D eigenvalue weighted by Gasteiger charge is -2.09. The summed E-state index contributed by atoms with van der Waals surface area (Å²) in [5.74, 6) is 2.75. The van der Waals surface area contributed by atoms with Gasteiger partial charge in [-0.3, -0.25) is 14.9 Å². The van der Waals surface area contributed by atoms with Crippen LogP contribution in [0.2, 0.25) is 0 Å². The molecule has 6 rings (SSSR count). The Balaban J connectivity index is 0.00000165. The van der Waals surface area contributed by atoms with Gasteiger partial charge in [-0.2, -0.15) is 0 Å². The molecule has 1 aliphatic rings. The summed E-state index contributed by atoms with van der Waals surface area (Å²) in [6, 6.07) is 31.7. The molecule has 1 N–H and O–H groups in total. The van der Waals surface area contributed by atoms with Crippen LogP contribution in [0.25, 0.3) is 22.2 Å². The van der Waals surface area contributed by atoms with Gasteiger partial charge >= 0.3 is 0 Å². The fourth-order valence-corrected chi connectivity index (χ4v) is 5.37. The highest BCUT2D eigenvalue weighted by Crippen LogP contribution is 2.29. The molecule has 0 bridgehead atoms. The second kappa shape index (κ2) is 12.7. The summed E-state index contributed by atoms with van der Waals surface area (Å²) in [5.41, 5.74) is 5.08. The van der Waals surface area contributed by atoms with Crippen LogP contribution in [0.15, 0.2) is 97.1 Å². The van der Waals surface area contributed by atoms with Gasteiger partial charge in [0.15, 0.2) is 0 Å². The summed E-state index contributed by atoms with van der Waals surface area (Å²) < 4.78 is 14.1. The van der Waals surface area contributed by atoms with E-state index in [0.717, 1.165) is 51.2 Å². The third-order valence-corrected chi connectivity index (χ3v) is 7.60. The number of thioether (sulfide) groups is 1. The Morgan fingerprint density at radius 2 is 1.49 bits per heavy atom. The minimum absolute atomic E-state index is 0.235. The van der Waals surface area contributed by atoms with Crippen LogP contribution in [0.1, 0.15) is 25.2 Å². The largest absolute Gasteiger partial charge is 0.486 e. The number of hydrogen-bond donors (Lipinski definition) is 1. The number of aromatic nitrogens is 2. The Morgan fingerprint density at radius 3 is 2.17 bits per heavy atom. The maximum Gasteiger partial charge on any atom is 0.286 e. The fraction of sp³-hybridized carbons (Fsp3) is 0.182. The van der Waals surface area contributed by atoms with Gasteiger partial charge in [0.1, 0.15) is 29.7 Å². The van der Waals surface area contributed by atoms with Crippen molar-refractivity contribution in [3.05, 3.63) is 108 Å². The monoisotopic (exact) mass is 565 g/mol. The number of benzene rings is 4. The number of hydrogen-bond acceptors (Lipinski definition) is 6. The number of carbonyl (C=O) groups excluding carboxylic acids is 2. The van der Waals surface area contributed by atoms with Crippen molar-refractivity contribution in [2.24, 2.45) is 7.05 Å². The number of carbonyl (C=O) groups is 2. The molecule has 1 aliphatic heterocycles. The molecule has 1 aromatic heterocycles. The predicted molar refractivity (Wildman–Crippen MR) is 163 cm³/mol. The molecule has 7 nitrogen and oxygen atoms in total. The van der Waals surface area contributed by atoms with E-state index in [1.165, 1.54) is 5.56 Å². The van der Waals surface area contributed by atoms with E-state index in [1.54, 1.807) is 0 Å². The molecule has 0 spiro atoms. The summed E-state index contributed by atoms with van der Waals surface area (Å²) in [6.07, 6.45) is 0.495. The van der Waals surface area contributed by atoms with Gasteiger partial charge < -0.3 is 14.0 Å². The van der Waals surface area contributed by atoms with Gasteiger partial charge in [-0.15, -0.1) is 0 Å². The van der Waals surface area contributed by atoms with E-state index in [-0.39, 0.29) is 16.4 Å². The first-order chi connectivity index (χ1) is 20.0. The van der Waals surface area contributed by atoms with E-state index in [4.69, 9.17) is 14.5 Å². The maximum absolute atomic E-state index is 11.8. The van der Waals surface area contributed by atoms with Crippen LogP contribution >= 0.6 is 11.8 Å². The van der Waals surface area contributed by atoms with Crippen molar-refractivity contribution in [2.45, 2.75) is 32.1 Å². The SMILES string of the molecule is CC.Cn1c(COc2ccc(CC3SC(=O)NC3=O)cc2)nc2ccc(Oc3ccc(-c4ccccc4)cc3)cc21. The molecule has 41 heavy (non-hydrogen) atoms. The minimum Gasteiger partial charge on any atom is -0.486 e. The highest BCUT2D eigenvalue weighted by Gasteiger charge is 2.31. The summed E-state index contributed by atoms with van der Waals surface area (Å²) in [6.45, 7) is 4.30. The van der Waals surface area contributed by atoms with Crippen LogP contribution in [-0.2, 0) is 24.9 Å². The standard InChI is InChI=1S/C31H25N3O4S.C2H6/c1-34-27-18-25(38-24-13-9-22(10-14-24)21-5-3-2-4-6-21)15-16-26(27)32-29(34)19-37-23-11-7-20(8-12-23)17-28-30(35)33-31(36)39-28;1-2/h2-16,18,28H,17,19H2,1H3,(H,33,35,36);1-2H3. The highest BCUT2D eigenvalue weighted by atomic mass is 32.2. The summed E-state index contributed by atoms with van der Waals surface area (Å²) in [5, 5.41) is 1.65. The van der Waals surface area contributed by atoms with Crippen molar-refractivity contribution in [3.8, 4) is 28.4 Å². The Kier molecular flexibility index (Phi) is 8.70. The van der Waals surface area contributed by atoms with E-state index in [1.807, 2.05) is 98.3 Å². The summed E-state index contributed by atoms with van der Waals surface area (Å²) in [7, 11) is 1.96. The molecule has 4 aromatic carbocycles. The number of nitrogens with one attached hydrogen (secondary N) is 1.